The van der Waals surface area contributed by atoms with Crippen molar-refractivity contribution in [2.75, 3.05) is 19.6 Å². The molecule has 0 aromatic heterocycles. The highest BCUT2D eigenvalue weighted by Crippen LogP contribution is 2.05. The minimum Gasteiger partial charge on any atom is -0.392 e. The predicted octanol–water partition coefficient (Wildman–Crippen LogP) is 1.22. The maximum atomic E-state index is 9.71. The predicted molar refractivity (Wildman–Crippen MR) is 67.1 cm³/mol. The molecule has 90 valence electrons. The number of nitrogens with zero attached hydrogens (tertiary/aromatic N) is 1. The Hall–Kier alpha value is -0.900. The van der Waals surface area contributed by atoms with E-state index in [9.17, 15) is 5.11 Å². The Kier molecular flexibility index (Phi) is 6.08. The van der Waals surface area contributed by atoms with Crippen molar-refractivity contribution in [1.82, 2.24) is 4.90 Å². The van der Waals surface area contributed by atoms with Crippen LogP contribution in [0.3, 0.4) is 0 Å². The first-order valence-corrected chi connectivity index (χ1v) is 5.90. The molecule has 1 unspecified atom stereocenters. The smallest absolute Gasteiger partial charge is 0.0679 e. The van der Waals surface area contributed by atoms with Crippen LogP contribution in [0.2, 0.25) is 0 Å². The second-order valence-corrected chi connectivity index (χ2v) is 4.04. The highest BCUT2D eigenvalue weighted by Gasteiger charge is 2.09. The van der Waals surface area contributed by atoms with E-state index < -0.39 is 0 Å². The molecule has 1 rings (SSSR count). The fourth-order valence-corrected chi connectivity index (χ4v) is 1.73. The van der Waals surface area contributed by atoms with E-state index in [1.807, 2.05) is 18.2 Å². The van der Waals surface area contributed by atoms with Crippen molar-refractivity contribution in [3.05, 3.63) is 35.9 Å². The molecule has 0 aliphatic carbocycles. The van der Waals surface area contributed by atoms with Crippen molar-refractivity contribution < 1.29 is 5.11 Å². The van der Waals surface area contributed by atoms with Crippen molar-refractivity contribution in [2.45, 2.75) is 26.0 Å². The van der Waals surface area contributed by atoms with E-state index in [1.54, 1.807) is 0 Å². The fourth-order valence-electron chi connectivity index (χ4n) is 1.73. The summed E-state index contributed by atoms with van der Waals surface area (Å²) in [6.07, 6.45) is 0.360. The summed E-state index contributed by atoms with van der Waals surface area (Å²) in [7, 11) is 0. The number of hydrogen-bond donors (Lipinski definition) is 2. The van der Waals surface area contributed by atoms with Gasteiger partial charge in [-0.1, -0.05) is 37.3 Å². The molecule has 0 radical (unpaired) electrons. The zero-order valence-electron chi connectivity index (χ0n) is 9.97. The van der Waals surface area contributed by atoms with Gasteiger partial charge in [0.05, 0.1) is 6.10 Å². The third kappa shape index (κ3) is 4.75. The topological polar surface area (TPSA) is 49.5 Å². The van der Waals surface area contributed by atoms with E-state index in [0.717, 1.165) is 13.1 Å². The summed E-state index contributed by atoms with van der Waals surface area (Å²) in [6, 6.07) is 10.3. The van der Waals surface area contributed by atoms with Gasteiger partial charge in [-0.25, -0.2) is 0 Å². The number of aliphatic hydroxyl groups excluding tert-OH is 1. The highest BCUT2D eigenvalue weighted by atomic mass is 16.3. The number of aliphatic hydroxyl groups is 1. The van der Waals surface area contributed by atoms with Crippen LogP contribution in [0.25, 0.3) is 0 Å². The monoisotopic (exact) mass is 222 g/mol. The largest absolute Gasteiger partial charge is 0.392 e. The van der Waals surface area contributed by atoms with E-state index in [-0.39, 0.29) is 6.10 Å². The van der Waals surface area contributed by atoms with Gasteiger partial charge in [0.1, 0.15) is 0 Å². The number of benzene rings is 1. The summed E-state index contributed by atoms with van der Waals surface area (Å²) in [5, 5.41) is 9.71. The summed E-state index contributed by atoms with van der Waals surface area (Å²) < 4.78 is 0. The van der Waals surface area contributed by atoms with Crippen LogP contribution in [0.4, 0.5) is 0 Å². The number of nitrogens with two attached hydrogens (primary N) is 1. The molecule has 3 heteroatoms. The minimum atomic E-state index is -0.311. The molecule has 0 fully saturated rings. The Bertz CT molecular complexity index is 277. The molecule has 3 nitrogen and oxygen atoms in total. The molecule has 1 atom stereocenters. The van der Waals surface area contributed by atoms with E-state index >= 15 is 0 Å². The van der Waals surface area contributed by atoms with Gasteiger partial charge >= 0.3 is 0 Å². The summed E-state index contributed by atoms with van der Waals surface area (Å²) in [5.41, 5.74) is 6.70. The van der Waals surface area contributed by atoms with Crippen molar-refractivity contribution in [3.63, 3.8) is 0 Å². The van der Waals surface area contributed by atoms with E-state index in [2.05, 4.69) is 24.0 Å². The van der Waals surface area contributed by atoms with Gasteiger partial charge in [-0.3, -0.25) is 4.90 Å². The summed E-state index contributed by atoms with van der Waals surface area (Å²) >= 11 is 0. The molecule has 0 aliphatic rings. The van der Waals surface area contributed by atoms with Gasteiger partial charge in [-0.05, 0) is 25.1 Å². The zero-order chi connectivity index (χ0) is 11.8. The number of hydrogen-bond acceptors (Lipinski definition) is 3. The molecule has 3 N–H and O–H groups in total. The van der Waals surface area contributed by atoms with E-state index in [4.69, 9.17) is 5.73 Å². The molecule has 0 amide bonds. The van der Waals surface area contributed by atoms with Crippen LogP contribution in [-0.4, -0.2) is 35.7 Å². The standard InChI is InChI=1S/C13H22N2O/c1-2-15(11-13(16)8-9-14)10-12-6-4-3-5-7-12/h3-7,13,16H,2,8-11,14H2,1H3. The lowest BCUT2D eigenvalue weighted by Crippen LogP contribution is -2.33. The van der Waals surface area contributed by atoms with Gasteiger partial charge in [0.15, 0.2) is 0 Å². The first kappa shape index (κ1) is 13.2. The van der Waals surface area contributed by atoms with Crippen LogP contribution in [0.1, 0.15) is 18.9 Å². The molecule has 16 heavy (non-hydrogen) atoms. The summed E-state index contributed by atoms with van der Waals surface area (Å²) in [6.45, 7) is 5.18. The molecule has 0 saturated carbocycles. The van der Waals surface area contributed by atoms with Gasteiger partial charge in [0, 0.05) is 13.1 Å². The molecule has 0 bridgehead atoms. The van der Waals surface area contributed by atoms with Gasteiger partial charge < -0.3 is 10.8 Å². The third-order valence-corrected chi connectivity index (χ3v) is 2.67. The Labute approximate surface area is 97.9 Å². The number of likely N-dealkylation sites (N-methyl/N-ethyl adjacent to an activating group) is 1. The van der Waals surface area contributed by atoms with Crippen molar-refractivity contribution in [3.8, 4) is 0 Å². The lowest BCUT2D eigenvalue weighted by molar-refractivity contribution is 0.106. The molecule has 0 aliphatic heterocycles. The first-order chi connectivity index (χ1) is 7.76. The van der Waals surface area contributed by atoms with Crippen LogP contribution in [0, 0.1) is 0 Å². The minimum absolute atomic E-state index is 0.311. The Morgan fingerprint density at radius 2 is 2.00 bits per heavy atom. The Balaban J connectivity index is 2.43. The van der Waals surface area contributed by atoms with Gasteiger partial charge in [0.2, 0.25) is 0 Å². The second kappa shape index (κ2) is 7.39. The maximum absolute atomic E-state index is 9.71. The van der Waals surface area contributed by atoms with Crippen molar-refractivity contribution >= 4 is 0 Å². The molecular weight excluding hydrogens is 200 g/mol. The summed E-state index contributed by atoms with van der Waals surface area (Å²) in [5.74, 6) is 0. The lowest BCUT2D eigenvalue weighted by Gasteiger charge is -2.23. The Morgan fingerprint density at radius 1 is 1.31 bits per heavy atom. The van der Waals surface area contributed by atoms with Crippen LogP contribution < -0.4 is 5.73 Å². The normalized spacial score (nSPS) is 13.0. The lowest BCUT2D eigenvalue weighted by atomic mass is 10.2. The van der Waals surface area contributed by atoms with E-state index in [0.29, 0.717) is 19.5 Å². The van der Waals surface area contributed by atoms with Gasteiger partial charge in [-0.2, -0.15) is 0 Å². The SMILES string of the molecule is CCN(Cc1ccccc1)CC(O)CCN. The third-order valence-electron chi connectivity index (χ3n) is 2.67. The van der Waals surface area contributed by atoms with Gasteiger partial charge in [-0.15, -0.1) is 0 Å². The van der Waals surface area contributed by atoms with Crippen molar-refractivity contribution in [2.24, 2.45) is 5.73 Å². The molecule has 0 heterocycles. The maximum Gasteiger partial charge on any atom is 0.0679 e. The molecule has 1 aromatic carbocycles. The molecule has 0 spiro atoms. The van der Waals surface area contributed by atoms with Gasteiger partial charge in [0.25, 0.3) is 0 Å². The van der Waals surface area contributed by atoms with Crippen molar-refractivity contribution in [1.29, 1.82) is 0 Å². The molecule has 1 aromatic rings. The fraction of sp³-hybridized carbons (Fsp3) is 0.538. The van der Waals surface area contributed by atoms with Crippen LogP contribution in [-0.2, 0) is 6.54 Å². The van der Waals surface area contributed by atoms with E-state index in [1.165, 1.54) is 5.56 Å². The number of rotatable bonds is 7. The van der Waals surface area contributed by atoms with Crippen LogP contribution in [0.5, 0.6) is 0 Å². The van der Waals surface area contributed by atoms with Crippen LogP contribution in [0.15, 0.2) is 30.3 Å². The van der Waals surface area contributed by atoms with Crippen LogP contribution >= 0.6 is 0 Å². The quantitative estimate of drug-likeness (QED) is 0.729. The highest BCUT2D eigenvalue weighted by molar-refractivity contribution is 5.14. The zero-order valence-corrected chi connectivity index (χ0v) is 9.97. The average Bonchev–Trinajstić information content (AvgIpc) is 2.30. The first-order valence-electron chi connectivity index (χ1n) is 5.90. The summed E-state index contributed by atoms with van der Waals surface area (Å²) in [4.78, 5) is 2.23. The average molecular weight is 222 g/mol. The Morgan fingerprint density at radius 3 is 2.56 bits per heavy atom. The molecule has 0 saturated heterocycles. The second-order valence-electron chi connectivity index (χ2n) is 4.04. The molecular formula is C13H22N2O.